The van der Waals surface area contributed by atoms with Crippen molar-refractivity contribution in [1.29, 1.82) is 0 Å². The van der Waals surface area contributed by atoms with Crippen LogP contribution in [-0.2, 0) is 0 Å². The van der Waals surface area contributed by atoms with Crippen LogP contribution >= 0.6 is 15.9 Å². The third kappa shape index (κ3) is 1.61. The van der Waals surface area contributed by atoms with E-state index in [-0.39, 0.29) is 11.4 Å². The molecular weight excluding hydrogens is 276 g/mol. The molecule has 0 unspecified atom stereocenters. The summed E-state index contributed by atoms with van der Waals surface area (Å²) in [6.45, 7) is 0. The van der Waals surface area contributed by atoms with Gasteiger partial charge in [-0.05, 0) is 12.1 Å². The van der Waals surface area contributed by atoms with Crippen LogP contribution < -0.4 is 10.3 Å². The molecule has 0 atom stereocenters. The van der Waals surface area contributed by atoms with Gasteiger partial charge in [-0.2, -0.15) is 4.98 Å². The largest absolute Gasteiger partial charge is 0.480 e. The highest BCUT2D eigenvalue weighted by atomic mass is 79.9. The zero-order valence-electron chi connectivity index (χ0n) is 8.31. The maximum Gasteiger partial charge on any atom is 0.272 e. The minimum atomic E-state index is -0.440. The molecule has 2 aromatic heterocycles. The van der Waals surface area contributed by atoms with E-state index in [9.17, 15) is 9.59 Å². The maximum absolute atomic E-state index is 11.8. The van der Waals surface area contributed by atoms with Gasteiger partial charge in [0, 0.05) is 10.7 Å². The smallest absolute Gasteiger partial charge is 0.272 e. The lowest BCUT2D eigenvalue weighted by molar-refractivity contribution is 0.111. The van der Waals surface area contributed by atoms with E-state index in [4.69, 9.17) is 4.74 Å². The van der Waals surface area contributed by atoms with Gasteiger partial charge in [-0.3, -0.25) is 14.0 Å². The fraction of sp³-hybridized carbons (Fsp3) is 0.100. The van der Waals surface area contributed by atoms with Crippen LogP contribution in [0.15, 0.2) is 27.6 Å². The van der Waals surface area contributed by atoms with Crippen molar-refractivity contribution in [1.82, 2.24) is 9.38 Å². The Bertz CT molecular complexity index is 621. The molecular formula is C10H7BrN2O3. The van der Waals surface area contributed by atoms with Crippen molar-refractivity contribution in [3.05, 3.63) is 38.7 Å². The average molecular weight is 283 g/mol. The van der Waals surface area contributed by atoms with E-state index in [1.807, 2.05) is 0 Å². The molecule has 2 rings (SSSR count). The second-order valence-corrected chi connectivity index (χ2v) is 3.95. The average Bonchev–Trinajstić information content (AvgIpc) is 2.28. The van der Waals surface area contributed by atoms with Gasteiger partial charge in [0.1, 0.15) is 11.2 Å². The number of rotatable bonds is 2. The number of fused-ring (bicyclic) bond motifs is 1. The molecule has 0 bridgehead atoms. The van der Waals surface area contributed by atoms with Crippen molar-refractivity contribution < 1.29 is 9.53 Å². The number of methoxy groups -OCH3 is 1. The summed E-state index contributed by atoms with van der Waals surface area (Å²) in [5.41, 5.74) is -0.103. The van der Waals surface area contributed by atoms with E-state index in [0.717, 1.165) is 4.47 Å². The van der Waals surface area contributed by atoms with Crippen LogP contribution in [-0.4, -0.2) is 22.8 Å². The molecule has 0 N–H and O–H groups in total. The molecule has 0 fully saturated rings. The Morgan fingerprint density at radius 3 is 2.94 bits per heavy atom. The monoisotopic (exact) mass is 282 g/mol. The molecule has 0 aliphatic carbocycles. The van der Waals surface area contributed by atoms with Crippen LogP contribution in [0.25, 0.3) is 5.65 Å². The van der Waals surface area contributed by atoms with Gasteiger partial charge in [0.05, 0.1) is 7.11 Å². The lowest BCUT2D eigenvalue weighted by atomic mass is 10.3. The zero-order chi connectivity index (χ0) is 11.7. The van der Waals surface area contributed by atoms with Gasteiger partial charge in [0.15, 0.2) is 6.29 Å². The number of pyridine rings is 1. The van der Waals surface area contributed by atoms with Crippen LogP contribution in [0.3, 0.4) is 0 Å². The fourth-order valence-corrected chi connectivity index (χ4v) is 1.69. The molecule has 0 radical (unpaired) electrons. The Labute approximate surface area is 98.8 Å². The highest BCUT2D eigenvalue weighted by Crippen LogP contribution is 2.14. The van der Waals surface area contributed by atoms with Gasteiger partial charge in [0.2, 0.25) is 5.88 Å². The SMILES string of the molecule is COc1nc2cc(Br)ccn2c(=O)c1C=O. The molecule has 2 aromatic rings. The van der Waals surface area contributed by atoms with Gasteiger partial charge < -0.3 is 4.74 Å². The summed E-state index contributed by atoms with van der Waals surface area (Å²) >= 11 is 3.27. The van der Waals surface area contributed by atoms with E-state index in [0.29, 0.717) is 11.9 Å². The Hall–Kier alpha value is -1.69. The summed E-state index contributed by atoms with van der Waals surface area (Å²) in [6, 6.07) is 3.36. The number of ether oxygens (including phenoxy) is 1. The molecule has 82 valence electrons. The predicted molar refractivity (Wildman–Crippen MR) is 61.1 cm³/mol. The van der Waals surface area contributed by atoms with Crippen molar-refractivity contribution in [2.45, 2.75) is 0 Å². The first-order chi connectivity index (χ1) is 7.67. The molecule has 0 saturated carbocycles. The van der Waals surface area contributed by atoms with E-state index in [2.05, 4.69) is 20.9 Å². The summed E-state index contributed by atoms with van der Waals surface area (Å²) in [6.07, 6.45) is 1.99. The Morgan fingerprint density at radius 1 is 1.56 bits per heavy atom. The summed E-state index contributed by atoms with van der Waals surface area (Å²) in [7, 11) is 1.36. The van der Waals surface area contributed by atoms with Gasteiger partial charge in [-0.1, -0.05) is 15.9 Å². The number of hydrogen-bond acceptors (Lipinski definition) is 4. The summed E-state index contributed by atoms with van der Waals surface area (Å²) in [5, 5.41) is 0. The van der Waals surface area contributed by atoms with Gasteiger partial charge in [0.25, 0.3) is 5.56 Å². The van der Waals surface area contributed by atoms with Crippen LogP contribution in [0.4, 0.5) is 0 Å². The molecule has 2 heterocycles. The molecule has 16 heavy (non-hydrogen) atoms. The van der Waals surface area contributed by atoms with Crippen LogP contribution in [0, 0.1) is 0 Å². The third-order valence-electron chi connectivity index (χ3n) is 2.10. The van der Waals surface area contributed by atoms with Crippen LogP contribution in [0.5, 0.6) is 5.88 Å². The highest BCUT2D eigenvalue weighted by Gasteiger charge is 2.12. The van der Waals surface area contributed by atoms with Gasteiger partial charge >= 0.3 is 0 Å². The number of hydrogen-bond donors (Lipinski definition) is 0. The van der Waals surface area contributed by atoms with Crippen molar-refractivity contribution in [3.63, 3.8) is 0 Å². The number of halogens is 1. The second-order valence-electron chi connectivity index (χ2n) is 3.03. The van der Waals surface area contributed by atoms with Gasteiger partial charge in [-0.25, -0.2) is 0 Å². The van der Waals surface area contributed by atoms with E-state index < -0.39 is 5.56 Å². The molecule has 0 aliphatic heterocycles. The molecule has 0 amide bonds. The predicted octanol–water partition coefficient (Wildman–Crippen LogP) is 1.28. The number of nitrogens with zero attached hydrogens (tertiary/aromatic N) is 2. The van der Waals surface area contributed by atoms with Crippen molar-refractivity contribution >= 4 is 27.9 Å². The number of carbonyl (C=O) groups excluding carboxylic acids is 1. The molecule has 0 saturated heterocycles. The summed E-state index contributed by atoms with van der Waals surface area (Å²) < 4.78 is 6.97. The second kappa shape index (κ2) is 4.05. The van der Waals surface area contributed by atoms with Gasteiger partial charge in [-0.15, -0.1) is 0 Å². The third-order valence-corrected chi connectivity index (χ3v) is 2.60. The zero-order valence-corrected chi connectivity index (χ0v) is 9.89. The van der Waals surface area contributed by atoms with Crippen molar-refractivity contribution in [2.75, 3.05) is 7.11 Å². The van der Waals surface area contributed by atoms with E-state index in [1.165, 1.54) is 11.5 Å². The minimum Gasteiger partial charge on any atom is -0.480 e. The molecule has 0 spiro atoms. The maximum atomic E-state index is 11.8. The van der Waals surface area contributed by atoms with Crippen molar-refractivity contribution in [2.24, 2.45) is 0 Å². The minimum absolute atomic E-state index is 0.0399. The van der Waals surface area contributed by atoms with E-state index in [1.54, 1.807) is 18.3 Å². The van der Waals surface area contributed by atoms with Crippen molar-refractivity contribution in [3.8, 4) is 5.88 Å². The van der Waals surface area contributed by atoms with E-state index >= 15 is 0 Å². The Morgan fingerprint density at radius 2 is 2.31 bits per heavy atom. The number of aldehydes is 1. The first-order valence-corrected chi connectivity index (χ1v) is 5.17. The van der Waals surface area contributed by atoms with Crippen LogP contribution in [0.1, 0.15) is 10.4 Å². The van der Waals surface area contributed by atoms with Crippen LogP contribution in [0.2, 0.25) is 0 Å². The first kappa shape index (κ1) is 10.8. The first-order valence-electron chi connectivity index (χ1n) is 4.38. The number of aromatic nitrogens is 2. The lowest BCUT2D eigenvalue weighted by Crippen LogP contribution is -2.20. The standard InChI is InChI=1S/C10H7BrN2O3/c1-16-9-7(5-14)10(15)13-3-2-6(11)4-8(13)12-9/h2-5H,1H3. The molecule has 6 heteroatoms. The molecule has 5 nitrogen and oxygen atoms in total. The normalized spacial score (nSPS) is 10.4. The fourth-order valence-electron chi connectivity index (χ4n) is 1.36. The lowest BCUT2D eigenvalue weighted by Gasteiger charge is -2.05. The Balaban J connectivity index is 2.93. The molecule has 0 aliphatic rings. The summed E-state index contributed by atoms with van der Waals surface area (Å²) in [4.78, 5) is 26.7. The highest BCUT2D eigenvalue weighted by molar-refractivity contribution is 9.10. The quantitative estimate of drug-likeness (QED) is 0.779. The Kier molecular flexibility index (Phi) is 2.74. The molecule has 0 aromatic carbocycles. The number of carbonyl (C=O) groups is 1. The summed E-state index contributed by atoms with van der Waals surface area (Å²) in [5.74, 6) is 0.0399. The topological polar surface area (TPSA) is 60.7 Å².